The van der Waals surface area contributed by atoms with Gasteiger partial charge in [0.15, 0.2) is 11.5 Å². The molecule has 0 saturated carbocycles. The van der Waals surface area contributed by atoms with Crippen LogP contribution >= 0.6 is 11.6 Å². The number of nitrogens with one attached hydrogen (secondary N) is 1. The molecule has 1 amide bonds. The average molecular weight is 416 g/mol. The maximum Gasteiger partial charge on any atom is 0.286 e. The number of amides is 1. The Morgan fingerprint density at radius 1 is 1.21 bits per heavy atom. The van der Waals surface area contributed by atoms with E-state index in [2.05, 4.69) is 5.32 Å². The number of benzene rings is 2. The van der Waals surface area contributed by atoms with Crippen LogP contribution in [0.4, 0.5) is 11.4 Å². The van der Waals surface area contributed by atoms with Gasteiger partial charge < -0.3 is 19.4 Å². The first kappa shape index (κ1) is 20.2. The summed E-state index contributed by atoms with van der Waals surface area (Å²) in [5, 5.41) is 14.7. The first-order valence-electron chi connectivity index (χ1n) is 8.68. The number of carbonyl (C=O) groups is 1. The SMILES string of the molecule is CCOc1cc(C(=O)Nc2ccc(Cl)cc2-n2cccc2)c([N+](=O)[O-])cc1OC. The zero-order chi connectivity index (χ0) is 21.0. The van der Waals surface area contributed by atoms with Gasteiger partial charge in [-0.3, -0.25) is 14.9 Å². The molecule has 150 valence electrons. The lowest BCUT2D eigenvalue weighted by Crippen LogP contribution is -2.16. The van der Waals surface area contributed by atoms with E-state index in [9.17, 15) is 14.9 Å². The number of anilines is 1. The molecule has 1 N–H and O–H groups in total. The molecule has 0 spiro atoms. The van der Waals surface area contributed by atoms with Gasteiger partial charge in [0.05, 0.1) is 36.1 Å². The van der Waals surface area contributed by atoms with Gasteiger partial charge in [0.25, 0.3) is 11.6 Å². The summed E-state index contributed by atoms with van der Waals surface area (Å²) in [4.78, 5) is 23.8. The third-order valence-corrected chi connectivity index (χ3v) is 4.35. The molecule has 9 heteroatoms. The predicted molar refractivity (Wildman–Crippen MR) is 110 cm³/mol. The zero-order valence-electron chi connectivity index (χ0n) is 15.7. The lowest BCUT2D eigenvalue weighted by atomic mass is 10.1. The Labute approximate surface area is 171 Å². The number of nitrogens with zero attached hydrogens (tertiary/aromatic N) is 2. The summed E-state index contributed by atoms with van der Waals surface area (Å²) in [6.45, 7) is 2.07. The van der Waals surface area contributed by atoms with Crippen LogP contribution in [0, 0.1) is 10.1 Å². The minimum absolute atomic E-state index is 0.146. The second kappa shape index (κ2) is 8.66. The summed E-state index contributed by atoms with van der Waals surface area (Å²) in [6.07, 6.45) is 3.59. The molecule has 0 aliphatic heterocycles. The van der Waals surface area contributed by atoms with Crippen LogP contribution in [0.5, 0.6) is 11.5 Å². The number of halogens is 1. The van der Waals surface area contributed by atoms with Gasteiger partial charge in [-0.05, 0) is 37.3 Å². The van der Waals surface area contributed by atoms with E-state index in [1.165, 1.54) is 19.2 Å². The molecule has 0 unspecified atom stereocenters. The van der Waals surface area contributed by atoms with Gasteiger partial charge in [0.2, 0.25) is 0 Å². The molecule has 1 heterocycles. The zero-order valence-corrected chi connectivity index (χ0v) is 16.5. The minimum Gasteiger partial charge on any atom is -0.493 e. The second-order valence-corrected chi connectivity index (χ2v) is 6.35. The molecule has 0 aliphatic rings. The van der Waals surface area contributed by atoms with Crippen LogP contribution in [0.25, 0.3) is 5.69 Å². The normalized spacial score (nSPS) is 10.4. The molecule has 3 aromatic rings. The molecule has 0 atom stereocenters. The van der Waals surface area contributed by atoms with Crippen LogP contribution in [0.3, 0.4) is 0 Å². The van der Waals surface area contributed by atoms with Crippen molar-refractivity contribution < 1.29 is 19.2 Å². The monoisotopic (exact) mass is 415 g/mol. The number of hydrogen-bond acceptors (Lipinski definition) is 5. The van der Waals surface area contributed by atoms with Gasteiger partial charge >= 0.3 is 0 Å². The fourth-order valence-electron chi connectivity index (χ4n) is 2.82. The van der Waals surface area contributed by atoms with Gasteiger partial charge in [0.1, 0.15) is 5.56 Å². The summed E-state index contributed by atoms with van der Waals surface area (Å²) < 4.78 is 12.4. The van der Waals surface area contributed by atoms with Crippen molar-refractivity contribution in [3.63, 3.8) is 0 Å². The highest BCUT2D eigenvalue weighted by Gasteiger charge is 2.25. The third kappa shape index (κ3) is 4.33. The van der Waals surface area contributed by atoms with Crippen LogP contribution in [0.15, 0.2) is 54.9 Å². The Morgan fingerprint density at radius 3 is 2.55 bits per heavy atom. The summed E-state index contributed by atoms with van der Waals surface area (Å²) in [5.74, 6) is -0.238. The Hall–Kier alpha value is -3.52. The Morgan fingerprint density at radius 2 is 1.93 bits per heavy atom. The van der Waals surface area contributed by atoms with Crippen LogP contribution in [0.1, 0.15) is 17.3 Å². The summed E-state index contributed by atoms with van der Waals surface area (Å²) in [6, 6.07) is 11.1. The third-order valence-electron chi connectivity index (χ3n) is 4.11. The molecule has 0 bridgehead atoms. The van der Waals surface area contributed by atoms with Crippen LogP contribution in [-0.2, 0) is 0 Å². The van der Waals surface area contributed by atoms with Crippen molar-refractivity contribution in [1.29, 1.82) is 0 Å². The van der Waals surface area contributed by atoms with Gasteiger partial charge in [-0.15, -0.1) is 0 Å². The first-order valence-corrected chi connectivity index (χ1v) is 9.05. The molecular formula is C20H18ClN3O5. The van der Waals surface area contributed by atoms with E-state index in [1.54, 1.807) is 42.1 Å². The largest absolute Gasteiger partial charge is 0.493 e. The topological polar surface area (TPSA) is 95.6 Å². The number of carbonyl (C=O) groups excluding carboxylic acids is 1. The molecule has 0 aliphatic carbocycles. The molecule has 0 fully saturated rings. The van der Waals surface area contributed by atoms with E-state index in [4.69, 9.17) is 21.1 Å². The first-order chi connectivity index (χ1) is 13.9. The van der Waals surface area contributed by atoms with Gasteiger partial charge in [-0.25, -0.2) is 0 Å². The van der Waals surface area contributed by atoms with Gasteiger partial charge in [-0.1, -0.05) is 11.6 Å². The van der Waals surface area contributed by atoms with Crippen molar-refractivity contribution in [2.75, 3.05) is 19.0 Å². The van der Waals surface area contributed by atoms with Crippen LogP contribution < -0.4 is 14.8 Å². The molecule has 1 aromatic heterocycles. The second-order valence-electron chi connectivity index (χ2n) is 5.92. The number of nitro groups is 1. The lowest BCUT2D eigenvalue weighted by Gasteiger charge is -2.14. The number of ether oxygens (including phenoxy) is 2. The summed E-state index contributed by atoms with van der Waals surface area (Å²) in [5.41, 5.74) is 0.530. The van der Waals surface area contributed by atoms with E-state index < -0.39 is 10.8 Å². The van der Waals surface area contributed by atoms with Crippen molar-refractivity contribution in [3.05, 3.63) is 75.6 Å². The maximum atomic E-state index is 12.9. The Bertz CT molecular complexity index is 1050. The number of hydrogen-bond donors (Lipinski definition) is 1. The molecule has 0 saturated heterocycles. The number of methoxy groups -OCH3 is 1. The molecule has 3 rings (SSSR count). The van der Waals surface area contributed by atoms with Crippen LogP contribution in [0.2, 0.25) is 5.02 Å². The summed E-state index contributed by atoms with van der Waals surface area (Å²) in [7, 11) is 1.37. The van der Waals surface area contributed by atoms with Crippen molar-refractivity contribution >= 4 is 28.9 Å². The molecule has 8 nitrogen and oxygen atoms in total. The fraction of sp³-hybridized carbons (Fsp3) is 0.150. The molecular weight excluding hydrogens is 398 g/mol. The van der Waals surface area contributed by atoms with Crippen molar-refractivity contribution in [3.8, 4) is 17.2 Å². The van der Waals surface area contributed by atoms with Gasteiger partial charge in [-0.2, -0.15) is 0 Å². The highest BCUT2D eigenvalue weighted by molar-refractivity contribution is 6.31. The Balaban J connectivity index is 2.04. The molecule has 29 heavy (non-hydrogen) atoms. The quantitative estimate of drug-likeness (QED) is 0.445. The van der Waals surface area contributed by atoms with E-state index >= 15 is 0 Å². The lowest BCUT2D eigenvalue weighted by molar-refractivity contribution is -0.385. The fourth-order valence-corrected chi connectivity index (χ4v) is 2.99. The van der Waals surface area contributed by atoms with Crippen molar-refractivity contribution in [1.82, 2.24) is 4.57 Å². The predicted octanol–water partition coefficient (Wildman–Crippen LogP) is 4.70. The van der Waals surface area contributed by atoms with Crippen molar-refractivity contribution in [2.24, 2.45) is 0 Å². The standard InChI is InChI=1S/C20H18ClN3O5/c1-3-29-19-11-14(16(24(26)27)12-18(19)28-2)20(25)22-15-7-6-13(21)10-17(15)23-8-4-5-9-23/h4-12H,3H2,1-2H3,(H,22,25). The molecule has 2 aromatic carbocycles. The highest BCUT2D eigenvalue weighted by Crippen LogP contribution is 2.35. The van der Waals surface area contributed by atoms with Crippen LogP contribution in [-0.4, -0.2) is 29.1 Å². The Kier molecular flexibility index (Phi) is 6.04. The average Bonchev–Trinajstić information content (AvgIpc) is 3.23. The molecule has 0 radical (unpaired) electrons. The van der Waals surface area contributed by atoms with Crippen molar-refractivity contribution in [2.45, 2.75) is 6.92 Å². The number of aromatic nitrogens is 1. The smallest absolute Gasteiger partial charge is 0.286 e. The highest BCUT2D eigenvalue weighted by atomic mass is 35.5. The van der Waals surface area contributed by atoms with E-state index in [0.717, 1.165) is 0 Å². The number of nitro benzene ring substituents is 1. The number of rotatable bonds is 7. The van der Waals surface area contributed by atoms with Gasteiger partial charge in [0, 0.05) is 23.5 Å². The minimum atomic E-state index is -0.656. The van der Waals surface area contributed by atoms with E-state index in [0.29, 0.717) is 23.0 Å². The van der Waals surface area contributed by atoms with E-state index in [1.807, 2.05) is 12.1 Å². The summed E-state index contributed by atoms with van der Waals surface area (Å²) >= 11 is 6.10. The van der Waals surface area contributed by atoms with E-state index in [-0.39, 0.29) is 22.7 Å². The maximum absolute atomic E-state index is 12.9.